The molecule has 2 aromatic rings. The van der Waals surface area contributed by atoms with Crippen LogP contribution in [0.2, 0.25) is 0 Å². The van der Waals surface area contributed by atoms with Gasteiger partial charge in [0.2, 0.25) is 5.91 Å². The number of imidazole rings is 1. The van der Waals surface area contributed by atoms with E-state index in [-0.39, 0.29) is 42.8 Å². The van der Waals surface area contributed by atoms with Crippen LogP contribution >= 0.6 is 24.8 Å². The van der Waals surface area contributed by atoms with Crippen LogP contribution in [0.25, 0.3) is 11.0 Å². The summed E-state index contributed by atoms with van der Waals surface area (Å²) >= 11 is 0. The van der Waals surface area contributed by atoms with Gasteiger partial charge in [0.05, 0.1) is 17.1 Å². The van der Waals surface area contributed by atoms with E-state index in [9.17, 15) is 4.79 Å². The van der Waals surface area contributed by atoms with E-state index in [0.717, 1.165) is 49.2 Å². The van der Waals surface area contributed by atoms with Gasteiger partial charge in [-0.2, -0.15) is 0 Å². The highest BCUT2D eigenvalue weighted by Gasteiger charge is 2.33. The first-order chi connectivity index (χ1) is 11.1. The summed E-state index contributed by atoms with van der Waals surface area (Å²) in [7, 11) is 0. The zero-order valence-corrected chi connectivity index (χ0v) is 16.5. The lowest BCUT2D eigenvalue weighted by molar-refractivity contribution is -0.132. The largest absolute Gasteiger partial charge is 0.333 e. The van der Waals surface area contributed by atoms with Crippen molar-refractivity contribution < 1.29 is 4.79 Å². The van der Waals surface area contributed by atoms with Gasteiger partial charge in [-0.05, 0) is 45.2 Å². The first kappa shape index (κ1) is 21.7. The number of hydrogen-bond donors (Lipinski definition) is 1. The topological polar surface area (TPSA) is 64.2 Å². The van der Waals surface area contributed by atoms with Crippen LogP contribution in [0, 0.1) is 0 Å². The maximum Gasteiger partial charge on any atom is 0.223 e. The minimum absolute atomic E-state index is 0. The molecule has 0 aliphatic carbocycles. The number of likely N-dealkylation sites (tertiary alicyclic amines) is 1. The molecule has 2 unspecified atom stereocenters. The monoisotopic (exact) mass is 386 g/mol. The van der Waals surface area contributed by atoms with E-state index in [4.69, 9.17) is 10.7 Å². The molecule has 1 saturated heterocycles. The maximum atomic E-state index is 12.6. The molecule has 2 atom stereocenters. The Labute approximate surface area is 161 Å². The van der Waals surface area contributed by atoms with Crippen LogP contribution in [0.1, 0.15) is 51.4 Å². The second kappa shape index (κ2) is 9.41. The van der Waals surface area contributed by atoms with Crippen molar-refractivity contribution >= 4 is 41.8 Å². The summed E-state index contributed by atoms with van der Waals surface area (Å²) in [6.07, 6.45) is 3.31. The van der Waals surface area contributed by atoms with Crippen molar-refractivity contribution in [2.45, 2.75) is 58.2 Å². The SMILES string of the molecule is CCn1c(C2CCCN2C(=O)CCC(C)N)nc2ccccc21.Cl.Cl. The fourth-order valence-corrected chi connectivity index (χ4v) is 3.51. The van der Waals surface area contributed by atoms with Crippen LogP contribution in [0.3, 0.4) is 0 Å². The predicted octanol–water partition coefficient (Wildman–Crippen LogP) is 3.69. The van der Waals surface area contributed by atoms with Crippen LogP contribution < -0.4 is 5.73 Å². The zero-order chi connectivity index (χ0) is 16.4. The van der Waals surface area contributed by atoms with Crippen LogP contribution in [0.15, 0.2) is 24.3 Å². The smallest absolute Gasteiger partial charge is 0.223 e. The van der Waals surface area contributed by atoms with Crippen molar-refractivity contribution in [1.82, 2.24) is 14.5 Å². The van der Waals surface area contributed by atoms with Gasteiger partial charge >= 0.3 is 0 Å². The number of benzene rings is 1. The summed E-state index contributed by atoms with van der Waals surface area (Å²) in [5.74, 6) is 1.24. The van der Waals surface area contributed by atoms with Gasteiger partial charge in [-0.15, -0.1) is 24.8 Å². The number of rotatable bonds is 5. The number of amides is 1. The number of carbonyl (C=O) groups is 1. The number of aromatic nitrogens is 2. The van der Waals surface area contributed by atoms with Gasteiger partial charge in [-0.1, -0.05) is 12.1 Å². The molecule has 1 amide bonds. The molecule has 0 bridgehead atoms. The number of hydrogen-bond acceptors (Lipinski definition) is 3. The first-order valence-corrected chi connectivity index (χ1v) is 8.62. The Morgan fingerprint density at radius 3 is 2.76 bits per heavy atom. The first-order valence-electron chi connectivity index (χ1n) is 8.62. The molecule has 140 valence electrons. The van der Waals surface area contributed by atoms with E-state index in [1.165, 1.54) is 0 Å². The van der Waals surface area contributed by atoms with E-state index >= 15 is 0 Å². The van der Waals surface area contributed by atoms with Gasteiger partial charge in [0, 0.05) is 25.6 Å². The molecular weight excluding hydrogens is 359 g/mol. The standard InChI is InChI=1S/C18H26N4O.2ClH/c1-3-21-15-8-5-4-7-14(15)20-18(21)16-9-6-12-22(16)17(23)11-10-13(2)19;;/h4-5,7-8,13,16H,3,6,9-12,19H2,1-2H3;2*1H. The second-order valence-electron chi connectivity index (χ2n) is 6.46. The van der Waals surface area contributed by atoms with Crippen molar-refractivity contribution in [2.75, 3.05) is 6.54 Å². The third-order valence-corrected chi connectivity index (χ3v) is 4.69. The highest BCUT2D eigenvalue weighted by Crippen LogP contribution is 2.34. The third kappa shape index (κ3) is 4.46. The number of fused-ring (bicyclic) bond motifs is 1. The fourth-order valence-electron chi connectivity index (χ4n) is 3.51. The summed E-state index contributed by atoms with van der Waals surface area (Å²) in [5, 5.41) is 0. The molecule has 1 fully saturated rings. The molecule has 0 radical (unpaired) electrons. The van der Waals surface area contributed by atoms with Crippen molar-refractivity contribution in [3.05, 3.63) is 30.1 Å². The van der Waals surface area contributed by atoms with Crippen LogP contribution in [0.5, 0.6) is 0 Å². The Hall–Kier alpha value is -1.30. The van der Waals surface area contributed by atoms with Gasteiger partial charge in [0.1, 0.15) is 5.82 Å². The van der Waals surface area contributed by atoms with Gasteiger partial charge in [0.25, 0.3) is 0 Å². The van der Waals surface area contributed by atoms with Crippen molar-refractivity contribution in [1.29, 1.82) is 0 Å². The second-order valence-corrected chi connectivity index (χ2v) is 6.46. The Morgan fingerprint density at radius 2 is 2.08 bits per heavy atom. The summed E-state index contributed by atoms with van der Waals surface area (Å²) in [6, 6.07) is 8.37. The van der Waals surface area contributed by atoms with E-state index in [1.54, 1.807) is 0 Å². The minimum Gasteiger partial charge on any atom is -0.333 e. The predicted molar refractivity (Wildman–Crippen MR) is 106 cm³/mol. The molecule has 1 aromatic heterocycles. The number of nitrogens with zero attached hydrogens (tertiary/aromatic N) is 3. The number of nitrogens with two attached hydrogens (primary N) is 1. The Kier molecular flexibility index (Phi) is 8.19. The third-order valence-electron chi connectivity index (χ3n) is 4.69. The average molecular weight is 387 g/mol. The minimum atomic E-state index is 0. The van der Waals surface area contributed by atoms with Gasteiger partial charge in [0.15, 0.2) is 0 Å². The molecule has 0 saturated carbocycles. The Morgan fingerprint density at radius 1 is 1.36 bits per heavy atom. The van der Waals surface area contributed by atoms with E-state index < -0.39 is 0 Å². The average Bonchev–Trinajstić information content (AvgIpc) is 3.16. The normalized spacial score (nSPS) is 17.9. The lowest BCUT2D eigenvalue weighted by Gasteiger charge is -2.25. The van der Waals surface area contributed by atoms with Gasteiger partial charge in [-0.25, -0.2) is 4.98 Å². The highest BCUT2D eigenvalue weighted by molar-refractivity contribution is 5.85. The molecule has 1 aliphatic rings. The van der Waals surface area contributed by atoms with E-state index in [1.807, 2.05) is 30.0 Å². The molecule has 7 heteroatoms. The molecule has 5 nitrogen and oxygen atoms in total. The number of para-hydroxylation sites is 2. The molecule has 1 aromatic carbocycles. The Balaban J connectivity index is 0.00000156. The lowest BCUT2D eigenvalue weighted by atomic mass is 10.1. The summed E-state index contributed by atoms with van der Waals surface area (Å²) in [6.45, 7) is 5.78. The highest BCUT2D eigenvalue weighted by atomic mass is 35.5. The van der Waals surface area contributed by atoms with Crippen molar-refractivity contribution in [3.63, 3.8) is 0 Å². The van der Waals surface area contributed by atoms with Crippen molar-refractivity contribution in [3.8, 4) is 0 Å². The lowest BCUT2D eigenvalue weighted by Crippen LogP contribution is -2.33. The Bertz CT molecular complexity index is 701. The molecule has 2 heterocycles. The van der Waals surface area contributed by atoms with Crippen LogP contribution in [-0.2, 0) is 11.3 Å². The van der Waals surface area contributed by atoms with Gasteiger partial charge < -0.3 is 15.2 Å². The number of aryl methyl sites for hydroxylation is 1. The summed E-state index contributed by atoms with van der Waals surface area (Å²) in [5.41, 5.74) is 7.96. The summed E-state index contributed by atoms with van der Waals surface area (Å²) in [4.78, 5) is 19.4. The van der Waals surface area contributed by atoms with E-state index in [2.05, 4.69) is 17.6 Å². The molecule has 2 N–H and O–H groups in total. The van der Waals surface area contributed by atoms with E-state index in [0.29, 0.717) is 6.42 Å². The molecule has 0 spiro atoms. The summed E-state index contributed by atoms with van der Waals surface area (Å²) < 4.78 is 2.25. The molecule has 1 aliphatic heterocycles. The number of halogens is 2. The number of carbonyl (C=O) groups excluding carboxylic acids is 1. The van der Waals surface area contributed by atoms with Gasteiger partial charge in [-0.3, -0.25) is 4.79 Å². The molecular formula is C18H28Cl2N4O. The maximum absolute atomic E-state index is 12.6. The zero-order valence-electron chi connectivity index (χ0n) is 14.9. The molecule has 25 heavy (non-hydrogen) atoms. The quantitative estimate of drug-likeness (QED) is 0.851. The van der Waals surface area contributed by atoms with Crippen LogP contribution in [-0.4, -0.2) is 32.9 Å². The fraction of sp³-hybridized carbons (Fsp3) is 0.556. The van der Waals surface area contributed by atoms with Crippen molar-refractivity contribution in [2.24, 2.45) is 5.73 Å². The van der Waals surface area contributed by atoms with Crippen LogP contribution in [0.4, 0.5) is 0 Å². The molecule has 3 rings (SSSR count).